The van der Waals surface area contributed by atoms with E-state index >= 15 is 0 Å². The van der Waals surface area contributed by atoms with E-state index < -0.39 is 0 Å². The van der Waals surface area contributed by atoms with Gasteiger partial charge in [0.25, 0.3) is 0 Å². The predicted molar refractivity (Wildman–Crippen MR) is 78.0 cm³/mol. The van der Waals surface area contributed by atoms with Crippen molar-refractivity contribution in [1.29, 1.82) is 0 Å². The second-order valence-corrected chi connectivity index (χ2v) is 4.71. The van der Waals surface area contributed by atoms with Gasteiger partial charge >= 0.3 is 0 Å². The molecule has 0 radical (unpaired) electrons. The van der Waals surface area contributed by atoms with Gasteiger partial charge in [0.15, 0.2) is 0 Å². The van der Waals surface area contributed by atoms with E-state index in [2.05, 4.69) is 9.88 Å². The first-order chi connectivity index (χ1) is 9.92. The number of hydrogen-bond acceptors (Lipinski definition) is 4. The summed E-state index contributed by atoms with van der Waals surface area (Å²) in [6.07, 6.45) is 0. The summed E-state index contributed by atoms with van der Waals surface area (Å²) in [5.74, 6) is 1.62. The van der Waals surface area contributed by atoms with Crippen molar-refractivity contribution < 1.29 is 9.47 Å². The molecule has 0 amide bonds. The van der Waals surface area contributed by atoms with Crippen molar-refractivity contribution in [3.63, 3.8) is 0 Å². The van der Waals surface area contributed by atoms with Crippen LogP contribution in [0.25, 0.3) is 0 Å². The first kappa shape index (κ1) is 12.9. The lowest BCUT2D eigenvalue weighted by molar-refractivity contribution is 0.122. The summed E-state index contributed by atoms with van der Waals surface area (Å²) in [5, 5.41) is 0. The van der Waals surface area contributed by atoms with Gasteiger partial charge in [0.1, 0.15) is 12.4 Å². The van der Waals surface area contributed by atoms with Gasteiger partial charge in [0, 0.05) is 19.2 Å². The normalized spacial score (nSPS) is 15.1. The summed E-state index contributed by atoms with van der Waals surface area (Å²) >= 11 is 0. The number of ether oxygens (including phenoxy) is 2. The van der Waals surface area contributed by atoms with Crippen LogP contribution >= 0.6 is 0 Å². The highest BCUT2D eigenvalue weighted by Crippen LogP contribution is 2.17. The molecule has 1 aromatic carbocycles. The molecule has 0 aliphatic carbocycles. The molecule has 1 aliphatic heterocycles. The number of nitrogens with zero attached hydrogens (tertiary/aromatic N) is 2. The van der Waals surface area contributed by atoms with Gasteiger partial charge in [0.2, 0.25) is 5.88 Å². The molecule has 1 aromatic heterocycles. The zero-order valence-electron chi connectivity index (χ0n) is 11.4. The highest BCUT2D eigenvalue weighted by atomic mass is 16.5. The predicted octanol–water partition coefficient (Wildman–Crippen LogP) is 2.50. The van der Waals surface area contributed by atoms with Crippen molar-refractivity contribution in [3.05, 3.63) is 54.1 Å². The first-order valence-electron chi connectivity index (χ1n) is 6.88. The van der Waals surface area contributed by atoms with E-state index in [-0.39, 0.29) is 0 Å². The zero-order chi connectivity index (χ0) is 13.6. The largest absolute Gasteiger partial charge is 0.473 e. The van der Waals surface area contributed by atoms with Crippen LogP contribution in [-0.4, -0.2) is 31.3 Å². The Kier molecular flexibility index (Phi) is 4.13. The van der Waals surface area contributed by atoms with Gasteiger partial charge in [-0.25, -0.2) is 0 Å². The van der Waals surface area contributed by atoms with Gasteiger partial charge in [0.05, 0.1) is 13.2 Å². The average Bonchev–Trinajstić information content (AvgIpc) is 2.55. The number of hydrogen-bond donors (Lipinski definition) is 0. The minimum Gasteiger partial charge on any atom is -0.473 e. The zero-order valence-corrected chi connectivity index (χ0v) is 11.4. The molecule has 2 heterocycles. The molecule has 1 aliphatic rings. The van der Waals surface area contributed by atoms with Crippen LogP contribution in [0.3, 0.4) is 0 Å². The molecule has 0 saturated carbocycles. The van der Waals surface area contributed by atoms with Crippen LogP contribution in [0.5, 0.6) is 5.88 Å². The minimum atomic E-state index is 0.542. The molecule has 2 aromatic rings. The van der Waals surface area contributed by atoms with Gasteiger partial charge in [-0.3, -0.25) is 0 Å². The van der Waals surface area contributed by atoms with Crippen LogP contribution in [0.4, 0.5) is 5.82 Å². The second-order valence-electron chi connectivity index (χ2n) is 4.71. The fourth-order valence-electron chi connectivity index (χ4n) is 2.18. The Balaban J connectivity index is 1.65. The molecule has 0 N–H and O–H groups in total. The van der Waals surface area contributed by atoms with Gasteiger partial charge < -0.3 is 14.4 Å². The van der Waals surface area contributed by atoms with E-state index in [1.807, 2.05) is 48.5 Å². The molecule has 0 unspecified atom stereocenters. The Morgan fingerprint density at radius 3 is 2.60 bits per heavy atom. The summed E-state index contributed by atoms with van der Waals surface area (Å²) in [5.41, 5.74) is 1.14. The number of benzene rings is 1. The average molecular weight is 270 g/mol. The lowest BCUT2D eigenvalue weighted by Crippen LogP contribution is -2.36. The Morgan fingerprint density at radius 2 is 1.80 bits per heavy atom. The number of morpholine rings is 1. The monoisotopic (exact) mass is 270 g/mol. The molecular weight excluding hydrogens is 252 g/mol. The third-order valence-electron chi connectivity index (χ3n) is 3.27. The first-order valence-corrected chi connectivity index (χ1v) is 6.88. The molecule has 0 atom stereocenters. The van der Waals surface area contributed by atoms with E-state index in [0.29, 0.717) is 12.5 Å². The number of pyridine rings is 1. The fourth-order valence-corrected chi connectivity index (χ4v) is 2.18. The standard InChI is InChI=1S/C16H18N2O2/c1-2-5-14(6-3-1)13-20-16-8-4-7-15(17-16)18-9-11-19-12-10-18/h1-8H,9-13H2. The number of aromatic nitrogens is 1. The molecule has 4 heteroatoms. The molecular formula is C16H18N2O2. The lowest BCUT2D eigenvalue weighted by atomic mass is 10.2. The van der Waals surface area contributed by atoms with Crippen molar-refractivity contribution in [1.82, 2.24) is 4.98 Å². The van der Waals surface area contributed by atoms with E-state index in [1.165, 1.54) is 0 Å². The maximum atomic E-state index is 5.75. The van der Waals surface area contributed by atoms with Gasteiger partial charge in [-0.2, -0.15) is 4.98 Å². The van der Waals surface area contributed by atoms with Gasteiger partial charge in [-0.15, -0.1) is 0 Å². The van der Waals surface area contributed by atoms with Crippen molar-refractivity contribution in [2.75, 3.05) is 31.2 Å². The molecule has 1 fully saturated rings. The maximum Gasteiger partial charge on any atom is 0.215 e. The highest BCUT2D eigenvalue weighted by molar-refractivity contribution is 5.41. The smallest absolute Gasteiger partial charge is 0.215 e. The Bertz CT molecular complexity index is 539. The summed E-state index contributed by atoms with van der Waals surface area (Å²) in [4.78, 5) is 6.78. The third-order valence-corrected chi connectivity index (χ3v) is 3.27. The van der Waals surface area contributed by atoms with Crippen LogP contribution in [-0.2, 0) is 11.3 Å². The van der Waals surface area contributed by atoms with Gasteiger partial charge in [-0.05, 0) is 11.6 Å². The van der Waals surface area contributed by atoms with Crippen LogP contribution in [0.2, 0.25) is 0 Å². The van der Waals surface area contributed by atoms with E-state index in [1.54, 1.807) is 0 Å². The summed E-state index contributed by atoms with van der Waals surface area (Å²) in [7, 11) is 0. The van der Waals surface area contributed by atoms with Crippen LogP contribution < -0.4 is 9.64 Å². The molecule has 20 heavy (non-hydrogen) atoms. The van der Waals surface area contributed by atoms with Crippen molar-refractivity contribution in [2.45, 2.75) is 6.61 Å². The molecule has 4 nitrogen and oxygen atoms in total. The van der Waals surface area contributed by atoms with Crippen LogP contribution in [0.1, 0.15) is 5.56 Å². The molecule has 3 rings (SSSR count). The van der Waals surface area contributed by atoms with E-state index in [9.17, 15) is 0 Å². The maximum absolute atomic E-state index is 5.75. The third kappa shape index (κ3) is 3.27. The lowest BCUT2D eigenvalue weighted by Gasteiger charge is -2.27. The summed E-state index contributed by atoms with van der Waals surface area (Å²) in [6, 6.07) is 16.0. The van der Waals surface area contributed by atoms with Crippen LogP contribution in [0.15, 0.2) is 48.5 Å². The SMILES string of the molecule is c1ccc(COc2cccc(N3CCOCC3)n2)cc1. The Hall–Kier alpha value is -2.07. The molecule has 0 spiro atoms. The number of rotatable bonds is 4. The van der Waals surface area contributed by atoms with E-state index in [4.69, 9.17) is 9.47 Å². The van der Waals surface area contributed by atoms with Crippen molar-refractivity contribution in [2.24, 2.45) is 0 Å². The molecule has 1 saturated heterocycles. The Labute approximate surface area is 119 Å². The minimum absolute atomic E-state index is 0.542. The summed E-state index contributed by atoms with van der Waals surface area (Å²) < 4.78 is 11.1. The highest BCUT2D eigenvalue weighted by Gasteiger charge is 2.12. The van der Waals surface area contributed by atoms with Crippen molar-refractivity contribution in [3.8, 4) is 5.88 Å². The molecule has 104 valence electrons. The number of anilines is 1. The summed E-state index contributed by atoms with van der Waals surface area (Å²) in [6.45, 7) is 3.83. The van der Waals surface area contributed by atoms with Gasteiger partial charge in [-0.1, -0.05) is 36.4 Å². The fraction of sp³-hybridized carbons (Fsp3) is 0.312. The van der Waals surface area contributed by atoms with Crippen LogP contribution in [0, 0.1) is 0 Å². The Morgan fingerprint density at radius 1 is 1.00 bits per heavy atom. The quantitative estimate of drug-likeness (QED) is 0.855. The van der Waals surface area contributed by atoms with Crippen molar-refractivity contribution >= 4 is 5.82 Å². The van der Waals surface area contributed by atoms with E-state index in [0.717, 1.165) is 37.7 Å². The molecule has 0 bridgehead atoms. The second kappa shape index (κ2) is 6.39. The topological polar surface area (TPSA) is 34.6 Å².